The first-order valence-corrected chi connectivity index (χ1v) is 12.2. The Morgan fingerprint density at radius 1 is 1.18 bits per heavy atom. The Hall–Kier alpha value is -3.13. The number of nitrogens with two attached hydrogens (primary N) is 2. The van der Waals surface area contributed by atoms with Crippen molar-refractivity contribution in [2.24, 2.45) is 10.9 Å². The summed E-state index contributed by atoms with van der Waals surface area (Å²) in [4.78, 5) is 18.2. The summed E-state index contributed by atoms with van der Waals surface area (Å²) in [6.45, 7) is 1.79. The van der Waals surface area contributed by atoms with Crippen LogP contribution in [0, 0.1) is 0 Å². The number of primary amides is 1. The number of likely N-dealkylation sites (N-methyl/N-ethyl adjacent to an activating group) is 1. The van der Waals surface area contributed by atoms with Gasteiger partial charge in [-0.15, -0.1) is 10.2 Å². The molecule has 0 aliphatic carbocycles. The number of fused-ring (bicyclic) bond motifs is 1. The molecular formula is C20H21BrN8O3S. The van der Waals surface area contributed by atoms with Crippen molar-refractivity contribution in [3.8, 4) is 0 Å². The van der Waals surface area contributed by atoms with E-state index in [4.69, 9.17) is 10.9 Å². The maximum Gasteiger partial charge on any atom is 0.273 e. The van der Waals surface area contributed by atoms with Gasteiger partial charge in [0.05, 0.1) is 5.69 Å². The highest BCUT2D eigenvalue weighted by molar-refractivity contribution is 9.10. The lowest BCUT2D eigenvalue weighted by atomic mass is 9.99. The fourth-order valence-corrected chi connectivity index (χ4v) is 4.96. The van der Waals surface area contributed by atoms with E-state index in [-0.39, 0.29) is 28.0 Å². The van der Waals surface area contributed by atoms with Crippen LogP contribution in [-0.4, -0.2) is 48.0 Å². The van der Waals surface area contributed by atoms with Gasteiger partial charge in [-0.3, -0.25) is 4.79 Å². The van der Waals surface area contributed by atoms with Crippen molar-refractivity contribution in [1.82, 2.24) is 20.1 Å². The molecule has 1 aliphatic rings. The van der Waals surface area contributed by atoms with Crippen LogP contribution in [0.25, 0.3) is 0 Å². The fraction of sp³-hybridized carbons (Fsp3) is 0.200. The predicted octanol–water partition coefficient (Wildman–Crippen LogP) is 1.86. The Balaban J connectivity index is 1.69. The first-order valence-electron chi connectivity index (χ1n) is 9.82. The van der Waals surface area contributed by atoms with Gasteiger partial charge in [0.1, 0.15) is 4.90 Å². The average Bonchev–Trinajstić information content (AvgIpc) is 2.73. The van der Waals surface area contributed by atoms with Gasteiger partial charge in [-0.05, 0) is 48.9 Å². The number of carbonyl (C=O) groups excluding carboxylic acids is 1. The van der Waals surface area contributed by atoms with Gasteiger partial charge in [-0.2, -0.15) is 4.98 Å². The molecule has 0 unspecified atom stereocenters. The summed E-state index contributed by atoms with van der Waals surface area (Å²) in [6.07, 6.45) is 0.940. The molecule has 0 fully saturated rings. The highest BCUT2D eigenvalue weighted by Gasteiger charge is 2.20. The molecule has 0 saturated carbocycles. The number of nitrogens with one attached hydrogen (secondary N) is 2. The third kappa shape index (κ3) is 5.11. The van der Waals surface area contributed by atoms with Gasteiger partial charge in [0, 0.05) is 23.2 Å². The molecule has 1 aromatic heterocycles. The van der Waals surface area contributed by atoms with E-state index in [2.05, 4.69) is 53.7 Å². The molecule has 4 rings (SSSR count). The monoisotopic (exact) mass is 532 g/mol. The number of amides is 1. The Labute approximate surface area is 198 Å². The number of para-hydroxylation sites is 1. The van der Waals surface area contributed by atoms with Crippen LogP contribution >= 0.6 is 15.9 Å². The molecule has 0 radical (unpaired) electrons. The molecular weight excluding hydrogens is 512 g/mol. The Morgan fingerprint density at radius 3 is 2.67 bits per heavy atom. The number of hydrogen-bond donors (Lipinski definition) is 4. The summed E-state index contributed by atoms with van der Waals surface area (Å²) in [5.41, 5.74) is 8.42. The van der Waals surface area contributed by atoms with Crippen LogP contribution in [0.15, 0.2) is 45.8 Å². The normalized spacial score (nSPS) is 13.9. The van der Waals surface area contributed by atoms with Gasteiger partial charge in [0.15, 0.2) is 11.5 Å². The molecule has 172 valence electrons. The van der Waals surface area contributed by atoms with Crippen molar-refractivity contribution >= 4 is 55.0 Å². The summed E-state index contributed by atoms with van der Waals surface area (Å²) in [6, 6.07) is 9.87. The number of aromatic nitrogens is 3. The van der Waals surface area contributed by atoms with E-state index in [1.807, 2.05) is 12.1 Å². The molecule has 13 heteroatoms. The molecule has 1 aliphatic heterocycles. The zero-order chi connectivity index (χ0) is 23.8. The standard InChI is InChI=1S/C20H21BrN8O3S/c1-29-7-6-13-11(10-29)8-12(9-14(13)21)24-20-26-19(17(18(22)30)27-28-20)25-15-4-2-3-5-16(15)33(23,31)32/h2-5,8-9H,6-7,10H2,1H3,(H2,22,30)(H2,23,31,32)(H2,24,25,26,28). The Bertz CT molecular complexity index is 1350. The SMILES string of the molecule is CN1CCc2c(Br)cc(Nc3nnc(C(N)=O)c(Nc4ccccc4S(N)(=O)=O)n3)cc2C1. The van der Waals surface area contributed by atoms with Crippen LogP contribution in [0.1, 0.15) is 21.6 Å². The summed E-state index contributed by atoms with van der Waals surface area (Å²) in [5.74, 6) is -0.851. The molecule has 3 aromatic rings. The largest absolute Gasteiger partial charge is 0.364 e. The number of benzene rings is 2. The zero-order valence-electron chi connectivity index (χ0n) is 17.5. The lowest BCUT2D eigenvalue weighted by Crippen LogP contribution is -2.26. The molecule has 0 bridgehead atoms. The highest BCUT2D eigenvalue weighted by atomic mass is 79.9. The van der Waals surface area contributed by atoms with Crippen LogP contribution in [0.2, 0.25) is 0 Å². The Kier molecular flexibility index (Phi) is 6.30. The van der Waals surface area contributed by atoms with Gasteiger partial charge in [-0.1, -0.05) is 28.1 Å². The van der Waals surface area contributed by atoms with E-state index in [1.54, 1.807) is 6.07 Å². The Morgan fingerprint density at radius 2 is 1.94 bits per heavy atom. The minimum atomic E-state index is -4.03. The fourth-order valence-electron chi connectivity index (χ4n) is 3.57. The molecule has 0 spiro atoms. The number of sulfonamides is 1. The van der Waals surface area contributed by atoms with Crippen molar-refractivity contribution in [1.29, 1.82) is 0 Å². The number of rotatable bonds is 6. The third-order valence-electron chi connectivity index (χ3n) is 5.09. The van der Waals surface area contributed by atoms with Crippen molar-refractivity contribution < 1.29 is 13.2 Å². The second-order valence-corrected chi connectivity index (χ2v) is 9.96. The van der Waals surface area contributed by atoms with Crippen LogP contribution in [-0.2, 0) is 23.0 Å². The van der Waals surface area contributed by atoms with E-state index in [0.29, 0.717) is 0 Å². The number of anilines is 4. The number of nitrogens with zero attached hydrogens (tertiary/aromatic N) is 4. The van der Waals surface area contributed by atoms with E-state index in [0.717, 1.165) is 29.7 Å². The van der Waals surface area contributed by atoms with Gasteiger partial charge >= 0.3 is 0 Å². The van der Waals surface area contributed by atoms with E-state index >= 15 is 0 Å². The van der Waals surface area contributed by atoms with Crippen molar-refractivity contribution in [3.05, 3.63) is 57.7 Å². The number of primary sulfonamides is 1. The summed E-state index contributed by atoms with van der Waals surface area (Å²) in [5, 5.41) is 19.0. The van der Waals surface area contributed by atoms with Crippen molar-refractivity contribution in [2.45, 2.75) is 17.9 Å². The molecule has 1 amide bonds. The van der Waals surface area contributed by atoms with Gasteiger partial charge in [0.2, 0.25) is 16.0 Å². The maximum atomic E-state index is 11.9. The molecule has 2 heterocycles. The van der Waals surface area contributed by atoms with Crippen LogP contribution in [0.5, 0.6) is 0 Å². The minimum Gasteiger partial charge on any atom is -0.364 e. The summed E-state index contributed by atoms with van der Waals surface area (Å²) >= 11 is 3.62. The van der Waals surface area contributed by atoms with Gasteiger partial charge in [0.25, 0.3) is 5.91 Å². The topological polar surface area (TPSA) is 169 Å². The highest BCUT2D eigenvalue weighted by Crippen LogP contribution is 2.31. The van der Waals surface area contributed by atoms with E-state index in [1.165, 1.54) is 29.3 Å². The van der Waals surface area contributed by atoms with E-state index in [9.17, 15) is 13.2 Å². The number of halogens is 1. The average molecular weight is 533 g/mol. The summed E-state index contributed by atoms with van der Waals surface area (Å²) < 4.78 is 24.8. The first kappa shape index (κ1) is 23.0. The van der Waals surface area contributed by atoms with Crippen molar-refractivity contribution in [2.75, 3.05) is 24.2 Å². The maximum absolute atomic E-state index is 11.9. The first-order chi connectivity index (χ1) is 15.6. The lowest BCUT2D eigenvalue weighted by Gasteiger charge is -2.26. The molecule has 0 atom stereocenters. The number of hydrogen-bond acceptors (Lipinski definition) is 9. The quantitative estimate of drug-likeness (QED) is 0.369. The molecule has 2 aromatic carbocycles. The van der Waals surface area contributed by atoms with Crippen molar-refractivity contribution in [3.63, 3.8) is 0 Å². The smallest absolute Gasteiger partial charge is 0.273 e. The minimum absolute atomic E-state index is 0.0622. The van der Waals surface area contributed by atoms with Gasteiger partial charge < -0.3 is 21.3 Å². The molecule has 33 heavy (non-hydrogen) atoms. The second kappa shape index (κ2) is 9.02. The molecule has 0 saturated heterocycles. The van der Waals surface area contributed by atoms with E-state index < -0.39 is 15.9 Å². The van der Waals surface area contributed by atoms with Gasteiger partial charge in [-0.25, -0.2) is 13.6 Å². The molecule has 6 N–H and O–H groups in total. The number of carbonyl (C=O) groups is 1. The zero-order valence-corrected chi connectivity index (χ0v) is 19.9. The summed E-state index contributed by atoms with van der Waals surface area (Å²) in [7, 11) is -1.97. The lowest BCUT2D eigenvalue weighted by molar-refractivity contribution is 0.0995. The predicted molar refractivity (Wildman–Crippen MR) is 127 cm³/mol. The van der Waals surface area contributed by atoms with Crippen LogP contribution < -0.4 is 21.5 Å². The van der Waals surface area contributed by atoms with Crippen LogP contribution in [0.4, 0.5) is 23.1 Å². The molecule has 11 nitrogen and oxygen atoms in total. The van der Waals surface area contributed by atoms with Crippen LogP contribution in [0.3, 0.4) is 0 Å². The second-order valence-electron chi connectivity index (χ2n) is 7.57. The third-order valence-corrected chi connectivity index (χ3v) is 6.77.